The Labute approximate surface area is 76.9 Å². The van der Waals surface area contributed by atoms with E-state index >= 15 is 0 Å². The normalized spacial score (nSPS) is 10.0. The van der Waals surface area contributed by atoms with E-state index in [0.717, 1.165) is 0 Å². The zero-order valence-electron chi connectivity index (χ0n) is 7.04. The van der Waals surface area contributed by atoms with E-state index in [9.17, 15) is 0 Å². The fourth-order valence-electron chi connectivity index (χ4n) is 0.250. The van der Waals surface area contributed by atoms with Crippen LogP contribution in [0.2, 0.25) is 0 Å². The molecule has 0 radical (unpaired) electrons. The number of hydrogen-bond acceptors (Lipinski definition) is 1. The van der Waals surface area contributed by atoms with Gasteiger partial charge in [-0.2, -0.15) is 0 Å². The van der Waals surface area contributed by atoms with Crippen molar-refractivity contribution >= 4 is 24.2 Å². The van der Waals surface area contributed by atoms with Crippen molar-refractivity contribution in [3.05, 3.63) is 0 Å². The summed E-state index contributed by atoms with van der Waals surface area (Å²) in [5, 5.41) is 0. The summed E-state index contributed by atoms with van der Waals surface area (Å²) in [6, 6.07) is 0. The van der Waals surface area contributed by atoms with Crippen LogP contribution >= 0.6 is 24.2 Å². The minimum absolute atomic E-state index is 0.396. The molecule has 5 heteroatoms. The first-order valence-electron chi connectivity index (χ1n) is 3.39. The molecule has 0 heterocycles. The molecule has 0 rings (SSSR count). The van der Waals surface area contributed by atoms with E-state index in [4.69, 9.17) is 14.4 Å². The Balaban J connectivity index is 0. The molecule has 0 spiro atoms. The molecule has 68 valence electrons. The van der Waals surface area contributed by atoms with Gasteiger partial charge in [0.15, 0.2) is 0 Å². The Morgan fingerprint density at radius 2 is 1.55 bits per heavy atom. The van der Waals surface area contributed by atoms with Gasteiger partial charge in [0, 0.05) is 8.89 Å². The summed E-state index contributed by atoms with van der Waals surface area (Å²) in [6.07, 6.45) is 2.42. The van der Waals surface area contributed by atoms with Crippen LogP contribution < -0.4 is 0 Å². The van der Waals surface area contributed by atoms with Crippen LogP contribution in [0.4, 0.5) is 0 Å². The Hall–Kier alpha value is 0.500. The summed E-state index contributed by atoms with van der Waals surface area (Å²) in [6.45, 7) is 6.60. The van der Waals surface area contributed by atoms with Crippen molar-refractivity contribution in [3.63, 3.8) is 0 Å². The predicted octanol–water partition coefficient (Wildman–Crippen LogP) is 2.59. The van der Waals surface area contributed by atoms with Crippen LogP contribution in [0.1, 0.15) is 33.6 Å². The molecule has 2 N–H and O–H groups in total. The van der Waals surface area contributed by atoms with Gasteiger partial charge in [-0.1, -0.05) is 29.8 Å². The third-order valence-electron chi connectivity index (χ3n) is 1.47. The van der Waals surface area contributed by atoms with Gasteiger partial charge in [0.25, 0.3) is 0 Å². The summed E-state index contributed by atoms with van der Waals surface area (Å²) < 4.78 is 9.10. The molecule has 0 unspecified atom stereocenters. The van der Waals surface area contributed by atoms with Gasteiger partial charge in [0.05, 0.1) is 0 Å². The minimum Gasteiger partial charge on any atom is -0.134 e. The van der Waals surface area contributed by atoms with Crippen LogP contribution in [-0.4, -0.2) is 14.1 Å². The van der Waals surface area contributed by atoms with E-state index in [0.29, 0.717) is 4.32 Å². The van der Waals surface area contributed by atoms with Crippen LogP contribution in [0.15, 0.2) is 0 Å². The standard InChI is InChI=1S/C6H13Br.HO3P/c1-4-6(3,7)5-2;1-4(2)3/h4-5H2,1-3H3;(H-,1,2,3)/p+1. The predicted molar refractivity (Wildman–Crippen MR) is 50.0 cm³/mol. The van der Waals surface area contributed by atoms with Gasteiger partial charge in [0.2, 0.25) is 0 Å². The average Bonchev–Trinajstić information content (AvgIpc) is 1.87. The van der Waals surface area contributed by atoms with Crippen molar-refractivity contribution in [3.8, 4) is 0 Å². The molecule has 0 aromatic rings. The zero-order valence-corrected chi connectivity index (χ0v) is 9.52. The highest BCUT2D eigenvalue weighted by Gasteiger charge is 2.12. The van der Waals surface area contributed by atoms with E-state index in [-0.39, 0.29) is 0 Å². The first kappa shape index (κ1) is 14.0. The molecule has 11 heavy (non-hydrogen) atoms. The molecule has 0 aliphatic heterocycles. The zero-order chi connectivity index (χ0) is 9.49. The van der Waals surface area contributed by atoms with Crippen LogP contribution in [0.5, 0.6) is 0 Å². The maximum Gasteiger partial charge on any atom is 0.692 e. The molecule has 0 aromatic heterocycles. The highest BCUT2D eigenvalue weighted by Crippen LogP contribution is 2.24. The summed E-state index contributed by atoms with van der Waals surface area (Å²) in [5.74, 6) is 0. The first-order valence-corrected chi connectivity index (χ1v) is 5.35. The maximum atomic E-state index is 8.70. The summed E-state index contributed by atoms with van der Waals surface area (Å²) in [4.78, 5) is 14.2. The van der Waals surface area contributed by atoms with Crippen molar-refractivity contribution in [2.45, 2.75) is 37.9 Å². The Morgan fingerprint density at radius 1 is 1.36 bits per heavy atom. The monoisotopic (exact) mass is 245 g/mol. The molecule has 0 aliphatic carbocycles. The average molecular weight is 246 g/mol. The highest BCUT2D eigenvalue weighted by atomic mass is 79.9. The lowest BCUT2D eigenvalue weighted by Crippen LogP contribution is -2.10. The summed E-state index contributed by atoms with van der Waals surface area (Å²) in [5.41, 5.74) is 0. The van der Waals surface area contributed by atoms with Crippen molar-refractivity contribution in [1.82, 2.24) is 0 Å². The second kappa shape index (κ2) is 7.17. The molecule has 0 fully saturated rings. The van der Waals surface area contributed by atoms with Crippen molar-refractivity contribution in [2.75, 3.05) is 0 Å². The van der Waals surface area contributed by atoms with Gasteiger partial charge >= 0.3 is 8.25 Å². The number of halogens is 1. The van der Waals surface area contributed by atoms with Gasteiger partial charge in [-0.15, -0.1) is 9.79 Å². The SMILES string of the molecule is CCC(C)(Br)CC.O=[P+](O)O. The van der Waals surface area contributed by atoms with Gasteiger partial charge in [-0.25, -0.2) is 0 Å². The summed E-state index contributed by atoms with van der Waals surface area (Å²) in [7, 11) is -2.87. The third kappa shape index (κ3) is 18.0. The fourth-order valence-corrected chi connectivity index (χ4v) is 0.250. The lowest BCUT2D eigenvalue weighted by atomic mass is 10.1. The van der Waals surface area contributed by atoms with Gasteiger partial charge in [-0.3, -0.25) is 0 Å². The van der Waals surface area contributed by atoms with Crippen LogP contribution in [0, 0.1) is 0 Å². The smallest absolute Gasteiger partial charge is 0.134 e. The van der Waals surface area contributed by atoms with Crippen molar-refractivity contribution in [2.24, 2.45) is 0 Å². The third-order valence-corrected chi connectivity index (χ3v) is 2.60. The van der Waals surface area contributed by atoms with Gasteiger partial charge < -0.3 is 0 Å². The largest absolute Gasteiger partial charge is 0.692 e. The lowest BCUT2D eigenvalue weighted by Gasteiger charge is -2.16. The fraction of sp³-hybridized carbons (Fsp3) is 1.00. The maximum absolute atomic E-state index is 8.70. The molecular formula is C6H15BrO3P+. The van der Waals surface area contributed by atoms with E-state index < -0.39 is 8.25 Å². The van der Waals surface area contributed by atoms with Crippen molar-refractivity contribution < 1.29 is 14.4 Å². The molecular weight excluding hydrogens is 231 g/mol. The topological polar surface area (TPSA) is 57.5 Å². The quantitative estimate of drug-likeness (QED) is 0.581. The number of hydrogen-bond donors (Lipinski definition) is 2. The molecule has 0 amide bonds. The highest BCUT2D eigenvalue weighted by molar-refractivity contribution is 9.10. The Kier molecular flexibility index (Phi) is 9.15. The van der Waals surface area contributed by atoms with E-state index in [1.54, 1.807) is 0 Å². The van der Waals surface area contributed by atoms with Gasteiger partial charge in [0.1, 0.15) is 0 Å². The molecule has 3 nitrogen and oxygen atoms in total. The van der Waals surface area contributed by atoms with E-state index in [1.807, 2.05) is 0 Å². The number of alkyl halides is 1. The molecule has 0 saturated heterocycles. The van der Waals surface area contributed by atoms with E-state index in [1.165, 1.54) is 12.8 Å². The molecule has 0 aromatic carbocycles. The second-order valence-corrected chi connectivity index (χ2v) is 4.79. The van der Waals surface area contributed by atoms with E-state index in [2.05, 4.69) is 36.7 Å². The van der Waals surface area contributed by atoms with Crippen molar-refractivity contribution in [1.29, 1.82) is 0 Å². The van der Waals surface area contributed by atoms with Gasteiger partial charge in [-0.05, 0) is 19.8 Å². The molecule has 0 atom stereocenters. The Morgan fingerprint density at radius 3 is 1.55 bits per heavy atom. The summed E-state index contributed by atoms with van der Waals surface area (Å²) >= 11 is 3.58. The van der Waals surface area contributed by atoms with Crippen LogP contribution in [-0.2, 0) is 4.57 Å². The minimum atomic E-state index is -2.87. The first-order chi connectivity index (χ1) is 4.85. The second-order valence-electron chi connectivity index (χ2n) is 2.37. The molecule has 0 saturated carbocycles. The lowest BCUT2D eigenvalue weighted by molar-refractivity contribution is 0.405. The van der Waals surface area contributed by atoms with Crippen LogP contribution in [0.25, 0.3) is 0 Å². The van der Waals surface area contributed by atoms with Crippen LogP contribution in [0.3, 0.4) is 0 Å². The molecule has 0 aliphatic rings. The molecule has 0 bridgehead atoms. The number of rotatable bonds is 2. The Bertz CT molecular complexity index is 106.